The van der Waals surface area contributed by atoms with Crippen LogP contribution < -0.4 is 4.74 Å². The van der Waals surface area contributed by atoms with Crippen LogP contribution in [0.1, 0.15) is 12.6 Å². The Morgan fingerprint density at radius 3 is 2.92 bits per heavy atom. The monoisotopic (exact) mass is 176 g/mol. The SMILES string of the molecule is C=C/C(=C/C)Oc1cncnc1C. The Morgan fingerprint density at radius 1 is 1.62 bits per heavy atom. The van der Waals surface area contributed by atoms with E-state index in [9.17, 15) is 0 Å². The summed E-state index contributed by atoms with van der Waals surface area (Å²) in [4.78, 5) is 7.87. The van der Waals surface area contributed by atoms with Crippen LogP contribution in [0, 0.1) is 6.92 Å². The van der Waals surface area contributed by atoms with Gasteiger partial charge in [-0.15, -0.1) is 0 Å². The van der Waals surface area contributed by atoms with Crippen LogP contribution in [0.25, 0.3) is 0 Å². The van der Waals surface area contributed by atoms with Gasteiger partial charge in [0.25, 0.3) is 0 Å². The maximum atomic E-state index is 5.46. The molecule has 0 atom stereocenters. The highest BCUT2D eigenvalue weighted by atomic mass is 16.5. The zero-order valence-electron chi connectivity index (χ0n) is 7.82. The van der Waals surface area contributed by atoms with Gasteiger partial charge in [0.15, 0.2) is 5.75 Å². The Kier molecular flexibility index (Phi) is 3.20. The van der Waals surface area contributed by atoms with Gasteiger partial charge in [-0.25, -0.2) is 9.97 Å². The Morgan fingerprint density at radius 2 is 2.38 bits per heavy atom. The highest BCUT2D eigenvalue weighted by Gasteiger charge is 2.00. The molecule has 13 heavy (non-hydrogen) atoms. The molecule has 68 valence electrons. The minimum Gasteiger partial charge on any atom is -0.454 e. The summed E-state index contributed by atoms with van der Waals surface area (Å²) in [5, 5.41) is 0. The van der Waals surface area contributed by atoms with E-state index >= 15 is 0 Å². The number of hydrogen-bond acceptors (Lipinski definition) is 3. The summed E-state index contributed by atoms with van der Waals surface area (Å²) in [5.41, 5.74) is 0.816. The van der Waals surface area contributed by atoms with Gasteiger partial charge < -0.3 is 4.74 Å². The average molecular weight is 176 g/mol. The molecule has 0 aliphatic heterocycles. The van der Waals surface area contributed by atoms with Crippen molar-refractivity contribution in [1.29, 1.82) is 0 Å². The van der Waals surface area contributed by atoms with Gasteiger partial charge in [-0.3, -0.25) is 0 Å². The van der Waals surface area contributed by atoms with Crippen LogP contribution in [0.2, 0.25) is 0 Å². The second kappa shape index (κ2) is 4.40. The molecule has 0 saturated heterocycles. The fourth-order valence-electron chi connectivity index (χ4n) is 0.824. The van der Waals surface area contributed by atoms with Crippen molar-refractivity contribution in [3.8, 4) is 5.75 Å². The van der Waals surface area contributed by atoms with Crippen LogP contribution >= 0.6 is 0 Å². The smallest absolute Gasteiger partial charge is 0.166 e. The van der Waals surface area contributed by atoms with E-state index in [-0.39, 0.29) is 0 Å². The van der Waals surface area contributed by atoms with E-state index < -0.39 is 0 Å². The van der Waals surface area contributed by atoms with E-state index in [1.54, 1.807) is 12.3 Å². The fraction of sp³-hybridized carbons (Fsp3) is 0.200. The van der Waals surface area contributed by atoms with Crippen molar-refractivity contribution in [1.82, 2.24) is 9.97 Å². The van der Waals surface area contributed by atoms with Crippen LogP contribution in [0.5, 0.6) is 5.75 Å². The van der Waals surface area contributed by atoms with Crippen molar-refractivity contribution < 1.29 is 4.74 Å². The molecule has 0 amide bonds. The number of rotatable bonds is 3. The van der Waals surface area contributed by atoms with Gasteiger partial charge in [0.2, 0.25) is 0 Å². The van der Waals surface area contributed by atoms with E-state index in [4.69, 9.17) is 4.74 Å². The molecule has 1 rings (SSSR count). The zero-order valence-corrected chi connectivity index (χ0v) is 7.82. The predicted molar refractivity (Wildman–Crippen MR) is 51.4 cm³/mol. The van der Waals surface area contributed by atoms with Crippen molar-refractivity contribution in [3.63, 3.8) is 0 Å². The molecular formula is C10H12N2O. The lowest BCUT2D eigenvalue weighted by atomic mass is 10.4. The topological polar surface area (TPSA) is 35.0 Å². The first kappa shape index (κ1) is 9.45. The summed E-state index contributed by atoms with van der Waals surface area (Å²) in [5.74, 6) is 1.37. The van der Waals surface area contributed by atoms with Crippen LogP contribution in [-0.4, -0.2) is 9.97 Å². The molecule has 0 N–H and O–H groups in total. The highest BCUT2D eigenvalue weighted by Crippen LogP contribution is 2.15. The van der Waals surface area contributed by atoms with Gasteiger partial charge in [0.1, 0.15) is 12.1 Å². The number of allylic oxidation sites excluding steroid dienone is 2. The summed E-state index contributed by atoms with van der Waals surface area (Å²) in [6, 6.07) is 0. The van der Waals surface area contributed by atoms with Crippen LogP contribution in [0.4, 0.5) is 0 Å². The first-order valence-electron chi connectivity index (χ1n) is 4.01. The Balaban J connectivity index is 2.85. The molecule has 0 aliphatic carbocycles. The number of aromatic nitrogens is 2. The highest BCUT2D eigenvalue weighted by molar-refractivity contribution is 5.26. The van der Waals surface area contributed by atoms with Gasteiger partial charge in [-0.1, -0.05) is 6.58 Å². The van der Waals surface area contributed by atoms with Crippen LogP contribution in [0.15, 0.2) is 37.0 Å². The number of hydrogen-bond donors (Lipinski definition) is 0. The van der Waals surface area contributed by atoms with Gasteiger partial charge in [-0.2, -0.15) is 0 Å². The van der Waals surface area contributed by atoms with Crippen molar-refractivity contribution in [2.24, 2.45) is 0 Å². The van der Waals surface area contributed by atoms with Crippen molar-refractivity contribution in [2.75, 3.05) is 0 Å². The van der Waals surface area contributed by atoms with Gasteiger partial charge in [0.05, 0.1) is 11.9 Å². The summed E-state index contributed by atoms with van der Waals surface area (Å²) >= 11 is 0. The lowest BCUT2D eigenvalue weighted by Crippen LogP contribution is -1.95. The molecule has 0 unspecified atom stereocenters. The van der Waals surface area contributed by atoms with Crippen LogP contribution in [-0.2, 0) is 0 Å². The first-order chi connectivity index (χ1) is 6.27. The molecule has 0 bridgehead atoms. The quantitative estimate of drug-likeness (QED) is 0.523. The molecule has 0 spiro atoms. The maximum Gasteiger partial charge on any atom is 0.166 e. The van der Waals surface area contributed by atoms with Gasteiger partial charge >= 0.3 is 0 Å². The predicted octanol–water partition coefficient (Wildman–Crippen LogP) is 2.25. The largest absolute Gasteiger partial charge is 0.454 e. The molecule has 3 nitrogen and oxygen atoms in total. The minimum absolute atomic E-state index is 0.663. The van der Waals surface area contributed by atoms with Crippen molar-refractivity contribution >= 4 is 0 Å². The Labute approximate surface area is 77.8 Å². The Bertz CT molecular complexity index is 331. The molecule has 1 aromatic heterocycles. The van der Waals surface area contributed by atoms with E-state index in [1.165, 1.54) is 6.33 Å². The van der Waals surface area contributed by atoms with Crippen molar-refractivity contribution in [3.05, 3.63) is 42.7 Å². The summed E-state index contributed by atoms with van der Waals surface area (Å²) in [7, 11) is 0. The third kappa shape index (κ3) is 2.40. The first-order valence-corrected chi connectivity index (χ1v) is 4.01. The molecule has 0 aliphatic rings. The lowest BCUT2D eigenvalue weighted by Gasteiger charge is -2.06. The number of aryl methyl sites for hydroxylation is 1. The van der Waals surface area contributed by atoms with E-state index in [2.05, 4.69) is 16.5 Å². The van der Waals surface area contributed by atoms with E-state index in [1.807, 2.05) is 19.9 Å². The third-order valence-electron chi connectivity index (χ3n) is 1.58. The number of ether oxygens (including phenoxy) is 1. The third-order valence-corrected chi connectivity index (χ3v) is 1.58. The lowest BCUT2D eigenvalue weighted by molar-refractivity contribution is 0.435. The standard InChI is InChI=1S/C10H12N2O/c1-4-9(5-2)13-10-6-11-7-12-8(10)3/h4-7H,1H2,2-3H3/b9-5-. The zero-order chi connectivity index (χ0) is 9.68. The summed E-state index contributed by atoms with van der Waals surface area (Å²) < 4.78 is 5.46. The second-order valence-corrected chi connectivity index (χ2v) is 2.47. The molecule has 0 fully saturated rings. The minimum atomic E-state index is 0.663. The Hall–Kier alpha value is -1.64. The molecule has 1 heterocycles. The van der Waals surface area contributed by atoms with Gasteiger partial charge in [-0.05, 0) is 26.0 Å². The summed E-state index contributed by atoms with van der Waals surface area (Å²) in [6.07, 6.45) is 6.60. The average Bonchev–Trinajstić information content (AvgIpc) is 2.17. The second-order valence-electron chi connectivity index (χ2n) is 2.47. The summed E-state index contributed by atoms with van der Waals surface area (Å²) in [6.45, 7) is 7.38. The van der Waals surface area contributed by atoms with E-state index in [0.29, 0.717) is 11.5 Å². The molecule has 0 radical (unpaired) electrons. The fourth-order valence-corrected chi connectivity index (χ4v) is 0.824. The molecule has 3 heteroatoms. The maximum absolute atomic E-state index is 5.46. The van der Waals surface area contributed by atoms with E-state index in [0.717, 1.165) is 5.69 Å². The molecular weight excluding hydrogens is 164 g/mol. The molecule has 0 aromatic carbocycles. The molecule has 1 aromatic rings. The number of nitrogens with zero attached hydrogens (tertiary/aromatic N) is 2. The van der Waals surface area contributed by atoms with Crippen LogP contribution in [0.3, 0.4) is 0 Å². The molecule has 0 saturated carbocycles. The van der Waals surface area contributed by atoms with Crippen molar-refractivity contribution in [2.45, 2.75) is 13.8 Å². The normalized spacial score (nSPS) is 11.1. The van der Waals surface area contributed by atoms with Gasteiger partial charge in [0, 0.05) is 0 Å².